The van der Waals surface area contributed by atoms with Crippen LogP contribution in [0.3, 0.4) is 0 Å². The summed E-state index contributed by atoms with van der Waals surface area (Å²) in [6, 6.07) is 15.8. The highest BCUT2D eigenvalue weighted by atomic mass is 35.5. The fourth-order valence-electron chi connectivity index (χ4n) is 2.99. The fourth-order valence-corrected chi connectivity index (χ4v) is 3.16. The summed E-state index contributed by atoms with van der Waals surface area (Å²) in [5, 5.41) is 18.9. The van der Waals surface area contributed by atoms with Crippen molar-refractivity contribution in [2.75, 3.05) is 0 Å². The van der Waals surface area contributed by atoms with Crippen LogP contribution in [0.4, 0.5) is 0 Å². The molecule has 0 spiro atoms. The number of fused-ring (bicyclic) bond motifs is 1. The van der Waals surface area contributed by atoms with Crippen molar-refractivity contribution in [2.45, 2.75) is 6.42 Å². The summed E-state index contributed by atoms with van der Waals surface area (Å²) in [6.07, 6.45) is 2.17. The lowest BCUT2D eigenvalue weighted by Crippen LogP contribution is -1.95. The molecule has 7 heteroatoms. The van der Waals surface area contributed by atoms with Gasteiger partial charge in [0.1, 0.15) is 5.82 Å². The van der Waals surface area contributed by atoms with Gasteiger partial charge >= 0.3 is 5.97 Å². The first-order valence-corrected chi connectivity index (χ1v) is 8.78. The minimum absolute atomic E-state index is 0.208. The second-order valence-electron chi connectivity index (χ2n) is 6.24. The molecule has 0 bridgehead atoms. The number of aromatic nitrogens is 3. The molecular formula is C21H13ClN4O2. The molecule has 0 aliphatic rings. The Kier molecular flexibility index (Phi) is 4.52. The highest BCUT2D eigenvalue weighted by Crippen LogP contribution is 2.26. The first-order valence-electron chi connectivity index (χ1n) is 8.40. The predicted molar refractivity (Wildman–Crippen MR) is 105 cm³/mol. The minimum atomic E-state index is -0.979. The van der Waals surface area contributed by atoms with Gasteiger partial charge in [-0.15, -0.1) is 0 Å². The van der Waals surface area contributed by atoms with Crippen molar-refractivity contribution in [3.8, 4) is 17.2 Å². The third kappa shape index (κ3) is 3.43. The quantitative estimate of drug-likeness (QED) is 0.538. The Morgan fingerprint density at radius 3 is 2.75 bits per heavy atom. The zero-order chi connectivity index (χ0) is 19.7. The summed E-state index contributed by atoms with van der Waals surface area (Å²) >= 11 is 6.05. The van der Waals surface area contributed by atoms with E-state index < -0.39 is 5.97 Å². The van der Waals surface area contributed by atoms with Crippen LogP contribution in [0.15, 0.2) is 54.7 Å². The highest BCUT2D eigenvalue weighted by molar-refractivity contribution is 6.30. The first kappa shape index (κ1) is 17.7. The van der Waals surface area contributed by atoms with Crippen LogP contribution in [-0.4, -0.2) is 26.0 Å². The molecule has 6 nitrogen and oxygen atoms in total. The van der Waals surface area contributed by atoms with Crippen LogP contribution in [0.25, 0.3) is 22.2 Å². The zero-order valence-corrected chi connectivity index (χ0v) is 15.2. The number of rotatable bonds is 4. The molecule has 0 fully saturated rings. The van der Waals surface area contributed by atoms with Gasteiger partial charge in [0, 0.05) is 34.5 Å². The molecule has 0 atom stereocenters. The molecule has 2 aromatic carbocycles. The van der Waals surface area contributed by atoms with E-state index in [-0.39, 0.29) is 5.56 Å². The number of halogens is 1. The van der Waals surface area contributed by atoms with Gasteiger partial charge in [0.15, 0.2) is 0 Å². The smallest absolute Gasteiger partial charge is 0.335 e. The lowest BCUT2D eigenvalue weighted by Gasteiger charge is -2.06. The molecular weight excluding hydrogens is 376 g/mol. The maximum atomic E-state index is 11.1. The molecule has 2 heterocycles. The second kappa shape index (κ2) is 7.14. The van der Waals surface area contributed by atoms with E-state index in [9.17, 15) is 10.1 Å². The van der Waals surface area contributed by atoms with Gasteiger partial charge in [-0.3, -0.25) is 4.98 Å². The SMILES string of the molecule is N#Cc1ccc(Cl)cc1-c1ccc(Cc2nc3ccc(C(=O)O)cc3[nH]2)nc1. The molecule has 0 radical (unpaired) electrons. The van der Waals surface area contributed by atoms with Gasteiger partial charge in [-0.1, -0.05) is 17.7 Å². The number of H-pyrrole nitrogens is 1. The molecule has 4 rings (SSSR count). The van der Waals surface area contributed by atoms with Gasteiger partial charge in [-0.05, 0) is 42.5 Å². The van der Waals surface area contributed by atoms with Crippen LogP contribution in [0.1, 0.15) is 27.4 Å². The van der Waals surface area contributed by atoms with Gasteiger partial charge < -0.3 is 10.1 Å². The molecule has 136 valence electrons. The standard InChI is InChI=1S/C21H13ClN4O2/c22-15-4-1-13(10-23)17(8-15)14-2-5-16(24-11-14)9-20-25-18-6-3-12(21(27)28)7-19(18)26-20/h1-8,11H,9H2,(H,25,26)(H,27,28). The van der Waals surface area contributed by atoms with Crippen molar-refractivity contribution < 1.29 is 9.90 Å². The summed E-state index contributed by atoms with van der Waals surface area (Å²) in [5.74, 6) is -0.286. The Balaban J connectivity index is 1.60. The van der Waals surface area contributed by atoms with E-state index in [1.165, 1.54) is 6.07 Å². The molecule has 28 heavy (non-hydrogen) atoms. The average molecular weight is 389 g/mol. The molecule has 0 saturated heterocycles. The maximum Gasteiger partial charge on any atom is 0.335 e. The van der Waals surface area contributed by atoms with Gasteiger partial charge in [0.2, 0.25) is 0 Å². The minimum Gasteiger partial charge on any atom is -0.478 e. The van der Waals surface area contributed by atoms with Gasteiger partial charge in [0.25, 0.3) is 0 Å². The number of carboxylic acids is 1. The number of hydrogen-bond donors (Lipinski definition) is 2. The first-order chi connectivity index (χ1) is 13.5. The molecule has 2 N–H and O–H groups in total. The van der Waals surface area contributed by atoms with E-state index in [0.717, 1.165) is 16.8 Å². The Morgan fingerprint density at radius 2 is 2.04 bits per heavy atom. The van der Waals surface area contributed by atoms with Crippen LogP contribution in [-0.2, 0) is 6.42 Å². The zero-order valence-electron chi connectivity index (χ0n) is 14.5. The normalized spacial score (nSPS) is 10.7. The summed E-state index contributed by atoms with van der Waals surface area (Å²) in [5.41, 5.74) is 4.45. The number of nitriles is 1. The van der Waals surface area contributed by atoms with E-state index in [1.807, 2.05) is 12.1 Å². The van der Waals surface area contributed by atoms with Crippen molar-refractivity contribution in [1.29, 1.82) is 5.26 Å². The van der Waals surface area contributed by atoms with Gasteiger partial charge in [0.05, 0.1) is 28.2 Å². The summed E-state index contributed by atoms with van der Waals surface area (Å²) < 4.78 is 0. The summed E-state index contributed by atoms with van der Waals surface area (Å²) in [7, 11) is 0. The van der Waals surface area contributed by atoms with Crippen LogP contribution < -0.4 is 0 Å². The van der Waals surface area contributed by atoms with Crippen molar-refractivity contribution >= 4 is 28.6 Å². The molecule has 0 unspecified atom stereocenters. The van der Waals surface area contributed by atoms with Gasteiger partial charge in [-0.25, -0.2) is 9.78 Å². The Labute approximate surface area is 165 Å². The van der Waals surface area contributed by atoms with Crippen molar-refractivity contribution in [1.82, 2.24) is 15.0 Å². The van der Waals surface area contributed by atoms with E-state index in [4.69, 9.17) is 16.7 Å². The number of aromatic amines is 1. The van der Waals surface area contributed by atoms with Crippen molar-refractivity contribution in [3.63, 3.8) is 0 Å². The third-order valence-electron chi connectivity index (χ3n) is 4.36. The Hall–Kier alpha value is -3.69. The summed E-state index contributed by atoms with van der Waals surface area (Å²) in [4.78, 5) is 23.2. The van der Waals surface area contributed by atoms with Crippen LogP contribution in [0.2, 0.25) is 5.02 Å². The van der Waals surface area contributed by atoms with Gasteiger partial charge in [-0.2, -0.15) is 5.26 Å². The van der Waals surface area contributed by atoms with Crippen molar-refractivity contribution in [3.05, 3.63) is 82.4 Å². The van der Waals surface area contributed by atoms with Crippen LogP contribution in [0.5, 0.6) is 0 Å². The fraction of sp³-hybridized carbons (Fsp3) is 0.0476. The molecule has 4 aromatic rings. The molecule has 0 aliphatic heterocycles. The average Bonchev–Trinajstić information content (AvgIpc) is 3.10. The topological polar surface area (TPSA) is 103 Å². The number of pyridine rings is 1. The Morgan fingerprint density at radius 1 is 1.18 bits per heavy atom. The predicted octanol–water partition coefficient (Wildman–Crippen LogP) is 4.44. The molecule has 0 saturated carbocycles. The summed E-state index contributed by atoms with van der Waals surface area (Å²) in [6.45, 7) is 0. The van der Waals surface area contributed by atoms with Crippen LogP contribution >= 0.6 is 11.6 Å². The number of benzene rings is 2. The van der Waals surface area contributed by atoms with E-state index >= 15 is 0 Å². The van der Waals surface area contributed by atoms with Crippen LogP contribution in [0, 0.1) is 11.3 Å². The third-order valence-corrected chi connectivity index (χ3v) is 4.60. The van der Waals surface area contributed by atoms with E-state index in [0.29, 0.717) is 33.9 Å². The lowest BCUT2D eigenvalue weighted by atomic mass is 10.0. The van der Waals surface area contributed by atoms with E-state index in [1.54, 1.807) is 36.5 Å². The second-order valence-corrected chi connectivity index (χ2v) is 6.67. The number of hydrogen-bond acceptors (Lipinski definition) is 4. The Bertz CT molecular complexity index is 1240. The number of aromatic carboxylic acids is 1. The number of nitrogens with one attached hydrogen (secondary N) is 1. The monoisotopic (exact) mass is 388 g/mol. The maximum absolute atomic E-state index is 11.1. The highest BCUT2D eigenvalue weighted by Gasteiger charge is 2.10. The van der Waals surface area contributed by atoms with Crippen molar-refractivity contribution in [2.24, 2.45) is 0 Å². The number of carboxylic acid groups (broad SMARTS) is 1. The lowest BCUT2D eigenvalue weighted by molar-refractivity contribution is 0.0697. The molecule has 2 aromatic heterocycles. The number of imidazole rings is 1. The largest absolute Gasteiger partial charge is 0.478 e. The van der Waals surface area contributed by atoms with E-state index in [2.05, 4.69) is 21.0 Å². The molecule has 0 amide bonds. The number of nitrogens with zero attached hydrogens (tertiary/aromatic N) is 3. The molecule has 0 aliphatic carbocycles. The number of carbonyl (C=O) groups is 1.